The lowest BCUT2D eigenvalue weighted by Gasteiger charge is -2.25. The van der Waals surface area contributed by atoms with Crippen LogP contribution in [0.1, 0.15) is 12.8 Å². The normalized spacial score (nSPS) is 20.8. The maximum atomic E-state index is 9.36. The minimum atomic E-state index is 0.230. The third kappa shape index (κ3) is 1.39. The summed E-state index contributed by atoms with van der Waals surface area (Å²) in [7, 11) is 0. The third-order valence-corrected chi connectivity index (χ3v) is 3.37. The minimum absolute atomic E-state index is 0.230. The van der Waals surface area contributed by atoms with Crippen LogP contribution in [0.15, 0.2) is 34.9 Å². The largest absolute Gasteiger partial charge is 0.464 e. The molecule has 0 aliphatic carbocycles. The molecule has 0 radical (unpaired) electrons. The molecule has 1 saturated heterocycles. The Morgan fingerprint density at radius 2 is 2.31 bits per heavy atom. The maximum Gasteiger partial charge on any atom is 0.135 e. The van der Waals surface area contributed by atoms with Gasteiger partial charge in [-0.15, -0.1) is 0 Å². The monoisotopic (exact) mass is 217 g/mol. The summed E-state index contributed by atoms with van der Waals surface area (Å²) < 4.78 is 5.40. The van der Waals surface area contributed by atoms with Crippen molar-refractivity contribution >= 4 is 16.7 Å². The molecule has 1 fully saturated rings. The standard InChI is InChI=1S/C13H15NO2/c15-9-10-3-2-7-14(10)12-4-1-5-13-11(12)6-8-16-13/h1,4-6,8,10,15H,2-3,7,9H2. The van der Waals surface area contributed by atoms with Crippen LogP contribution in [-0.2, 0) is 0 Å². The SMILES string of the molecule is OCC1CCCN1c1cccc2occc12. The Hall–Kier alpha value is -1.48. The number of rotatable bonds is 2. The van der Waals surface area contributed by atoms with Gasteiger partial charge in [-0.05, 0) is 31.0 Å². The molecule has 2 heterocycles. The summed E-state index contributed by atoms with van der Waals surface area (Å²) in [6, 6.07) is 8.35. The summed E-state index contributed by atoms with van der Waals surface area (Å²) in [6.45, 7) is 1.25. The van der Waals surface area contributed by atoms with Crippen molar-refractivity contribution in [2.75, 3.05) is 18.1 Å². The van der Waals surface area contributed by atoms with Gasteiger partial charge in [-0.1, -0.05) is 6.07 Å². The van der Waals surface area contributed by atoms with Gasteiger partial charge >= 0.3 is 0 Å². The molecule has 3 heteroatoms. The molecule has 0 bridgehead atoms. The molecule has 3 nitrogen and oxygen atoms in total. The zero-order valence-corrected chi connectivity index (χ0v) is 9.10. The summed E-state index contributed by atoms with van der Waals surface area (Å²) in [5.41, 5.74) is 2.10. The van der Waals surface area contributed by atoms with Gasteiger partial charge in [-0.2, -0.15) is 0 Å². The summed E-state index contributed by atoms with van der Waals surface area (Å²) in [4.78, 5) is 2.29. The molecule has 0 spiro atoms. The van der Waals surface area contributed by atoms with Crippen LogP contribution in [0.3, 0.4) is 0 Å². The van der Waals surface area contributed by atoms with E-state index in [0.717, 1.165) is 30.4 Å². The van der Waals surface area contributed by atoms with Crippen LogP contribution in [0.5, 0.6) is 0 Å². The molecule has 1 aliphatic heterocycles. The molecule has 3 rings (SSSR count). The molecular formula is C13H15NO2. The van der Waals surface area contributed by atoms with E-state index in [-0.39, 0.29) is 12.6 Å². The lowest BCUT2D eigenvalue weighted by atomic mass is 10.1. The lowest BCUT2D eigenvalue weighted by Crippen LogP contribution is -2.32. The minimum Gasteiger partial charge on any atom is -0.464 e. The molecule has 2 aromatic rings. The highest BCUT2D eigenvalue weighted by molar-refractivity contribution is 5.91. The van der Waals surface area contributed by atoms with Crippen LogP contribution in [-0.4, -0.2) is 24.3 Å². The van der Waals surface area contributed by atoms with Crippen molar-refractivity contribution in [2.24, 2.45) is 0 Å². The molecule has 0 saturated carbocycles. The van der Waals surface area contributed by atoms with Crippen LogP contribution < -0.4 is 4.90 Å². The number of hydrogen-bond acceptors (Lipinski definition) is 3. The molecule has 84 valence electrons. The van der Waals surface area contributed by atoms with Crippen molar-refractivity contribution in [3.63, 3.8) is 0 Å². The van der Waals surface area contributed by atoms with Crippen molar-refractivity contribution in [3.05, 3.63) is 30.5 Å². The summed E-state index contributed by atoms with van der Waals surface area (Å²) in [5.74, 6) is 0. The zero-order chi connectivity index (χ0) is 11.0. The van der Waals surface area contributed by atoms with Crippen LogP contribution in [0.25, 0.3) is 11.0 Å². The van der Waals surface area contributed by atoms with E-state index in [0.29, 0.717) is 0 Å². The quantitative estimate of drug-likeness (QED) is 0.839. The lowest BCUT2D eigenvalue weighted by molar-refractivity contribution is 0.266. The summed E-state index contributed by atoms with van der Waals surface area (Å²) >= 11 is 0. The van der Waals surface area contributed by atoms with Gasteiger partial charge in [-0.25, -0.2) is 0 Å². The van der Waals surface area contributed by atoms with E-state index in [1.807, 2.05) is 18.2 Å². The van der Waals surface area contributed by atoms with Gasteiger partial charge in [-0.3, -0.25) is 0 Å². The number of hydrogen-bond donors (Lipinski definition) is 1. The van der Waals surface area contributed by atoms with Crippen molar-refractivity contribution in [1.29, 1.82) is 0 Å². The van der Waals surface area contributed by atoms with Crippen molar-refractivity contribution < 1.29 is 9.52 Å². The van der Waals surface area contributed by atoms with E-state index in [1.54, 1.807) is 6.26 Å². The first-order valence-electron chi connectivity index (χ1n) is 5.74. The Morgan fingerprint density at radius 1 is 1.38 bits per heavy atom. The average Bonchev–Trinajstić information content (AvgIpc) is 2.96. The van der Waals surface area contributed by atoms with Crippen molar-refractivity contribution in [1.82, 2.24) is 0 Å². The third-order valence-electron chi connectivity index (χ3n) is 3.37. The fourth-order valence-corrected chi connectivity index (χ4v) is 2.57. The van der Waals surface area contributed by atoms with Crippen LogP contribution in [0.2, 0.25) is 0 Å². The van der Waals surface area contributed by atoms with E-state index < -0.39 is 0 Å². The molecule has 1 N–H and O–H groups in total. The van der Waals surface area contributed by atoms with Gasteiger partial charge < -0.3 is 14.4 Å². The second-order valence-electron chi connectivity index (χ2n) is 4.28. The highest BCUT2D eigenvalue weighted by atomic mass is 16.3. The number of benzene rings is 1. The van der Waals surface area contributed by atoms with E-state index in [4.69, 9.17) is 4.42 Å². The number of nitrogens with zero attached hydrogens (tertiary/aromatic N) is 1. The first kappa shape index (κ1) is 9.73. The second-order valence-corrected chi connectivity index (χ2v) is 4.28. The van der Waals surface area contributed by atoms with Gasteiger partial charge in [0.1, 0.15) is 5.58 Å². The molecule has 1 aliphatic rings. The predicted octanol–water partition coefficient (Wildman–Crippen LogP) is 2.39. The van der Waals surface area contributed by atoms with Gasteiger partial charge in [0.25, 0.3) is 0 Å². The second kappa shape index (κ2) is 3.83. The van der Waals surface area contributed by atoms with Gasteiger partial charge in [0.05, 0.1) is 18.9 Å². The number of fused-ring (bicyclic) bond motifs is 1. The number of furan rings is 1. The Bertz CT molecular complexity index is 491. The van der Waals surface area contributed by atoms with Crippen LogP contribution in [0.4, 0.5) is 5.69 Å². The van der Waals surface area contributed by atoms with Gasteiger partial charge in [0.2, 0.25) is 0 Å². The highest BCUT2D eigenvalue weighted by Crippen LogP contribution is 2.32. The topological polar surface area (TPSA) is 36.6 Å². The number of aliphatic hydroxyl groups excluding tert-OH is 1. The highest BCUT2D eigenvalue weighted by Gasteiger charge is 2.25. The van der Waals surface area contributed by atoms with Gasteiger partial charge in [0, 0.05) is 17.6 Å². The summed E-state index contributed by atoms with van der Waals surface area (Å²) in [5, 5.41) is 10.5. The summed E-state index contributed by atoms with van der Waals surface area (Å²) in [6.07, 6.45) is 3.95. The van der Waals surface area contributed by atoms with Crippen molar-refractivity contribution in [3.8, 4) is 0 Å². The van der Waals surface area contributed by atoms with E-state index in [2.05, 4.69) is 11.0 Å². The fourth-order valence-electron chi connectivity index (χ4n) is 2.57. The molecule has 1 atom stereocenters. The molecule has 0 amide bonds. The van der Waals surface area contributed by atoms with Gasteiger partial charge in [0.15, 0.2) is 0 Å². The van der Waals surface area contributed by atoms with E-state index in [1.165, 1.54) is 5.69 Å². The van der Waals surface area contributed by atoms with Crippen LogP contribution >= 0.6 is 0 Å². The van der Waals surface area contributed by atoms with Crippen molar-refractivity contribution in [2.45, 2.75) is 18.9 Å². The first-order valence-corrected chi connectivity index (χ1v) is 5.74. The average molecular weight is 217 g/mol. The Morgan fingerprint density at radius 3 is 3.19 bits per heavy atom. The fraction of sp³-hybridized carbons (Fsp3) is 0.385. The number of aliphatic hydroxyl groups is 1. The predicted molar refractivity (Wildman–Crippen MR) is 63.7 cm³/mol. The van der Waals surface area contributed by atoms with E-state index >= 15 is 0 Å². The molecule has 16 heavy (non-hydrogen) atoms. The zero-order valence-electron chi connectivity index (χ0n) is 9.10. The molecular weight excluding hydrogens is 202 g/mol. The maximum absolute atomic E-state index is 9.36. The Balaban J connectivity index is 2.07. The van der Waals surface area contributed by atoms with Crippen LogP contribution in [0, 0.1) is 0 Å². The smallest absolute Gasteiger partial charge is 0.135 e. The molecule has 1 aromatic carbocycles. The Labute approximate surface area is 94.3 Å². The molecule has 1 unspecified atom stereocenters. The Kier molecular flexibility index (Phi) is 2.33. The molecule has 1 aromatic heterocycles. The van der Waals surface area contributed by atoms with E-state index in [9.17, 15) is 5.11 Å². The number of anilines is 1. The first-order chi connectivity index (χ1) is 7.90.